The van der Waals surface area contributed by atoms with E-state index in [9.17, 15) is 0 Å². The van der Waals surface area contributed by atoms with Crippen molar-refractivity contribution in [3.63, 3.8) is 0 Å². The molecule has 0 spiro atoms. The van der Waals surface area contributed by atoms with E-state index in [4.69, 9.17) is 19.5 Å². The predicted octanol–water partition coefficient (Wildman–Crippen LogP) is -2.95. The van der Waals surface area contributed by atoms with Crippen LogP contribution < -0.4 is 10.2 Å². The van der Waals surface area contributed by atoms with Crippen molar-refractivity contribution in [2.45, 2.75) is 0 Å². The third kappa shape index (κ3) is 33.8. The van der Waals surface area contributed by atoms with Crippen LogP contribution in [0.2, 0.25) is 0 Å². The van der Waals surface area contributed by atoms with Gasteiger partial charge >= 0.3 is 14.6 Å². The molecule has 0 aromatic rings. The van der Waals surface area contributed by atoms with Crippen LogP contribution in [0.25, 0.3) is 0 Å². The average molecular weight is 104 g/mol. The summed E-state index contributed by atoms with van der Waals surface area (Å²) in [6.45, 7) is 0. The number of hydrogen-bond acceptors (Lipinski definition) is 4. The molecule has 0 aromatic heterocycles. The summed E-state index contributed by atoms with van der Waals surface area (Å²) >= 11 is 0. The molecule has 0 saturated carbocycles. The molecule has 0 amide bonds. The molecule has 0 fully saturated rings. The molecule has 5 heteroatoms. The van der Waals surface area contributed by atoms with E-state index in [0.717, 1.165) is 0 Å². The van der Waals surface area contributed by atoms with Gasteiger partial charge in [-0.25, -0.2) is 0 Å². The fourth-order valence-corrected chi connectivity index (χ4v) is 0. The molecule has 4 nitrogen and oxygen atoms in total. The fourth-order valence-electron chi connectivity index (χ4n) is 0. The molecule has 0 aliphatic carbocycles. The molecule has 0 rings (SSSR count). The van der Waals surface area contributed by atoms with Crippen molar-refractivity contribution < 1.29 is 19.5 Å². The standard InChI is InChI=1S/CH2O3.OSi/c2-1(3)4;1-2/h(H2,2,3,4);/q;+2/p-2. The quantitative estimate of drug-likeness (QED) is 0.308. The SMILES string of the molecule is O=C([O-])[O-].O=[Si+2]. The van der Waals surface area contributed by atoms with Gasteiger partial charge in [-0.15, -0.1) is 0 Å². The van der Waals surface area contributed by atoms with Gasteiger partial charge in [0.1, 0.15) is 0 Å². The second-order valence-electron chi connectivity index (χ2n) is 0.250. The maximum atomic E-state index is 8.33. The van der Waals surface area contributed by atoms with Crippen LogP contribution in [0, 0.1) is 0 Å². The number of carbonyl (C=O) groups excluding carboxylic acids is 1. The van der Waals surface area contributed by atoms with Crippen LogP contribution in [-0.4, -0.2) is 16.3 Å². The molecule has 0 radical (unpaired) electrons. The topological polar surface area (TPSA) is 80.3 Å². The molecule has 0 aromatic carbocycles. The summed E-state index contributed by atoms with van der Waals surface area (Å²) in [5.41, 5.74) is 0. The first kappa shape index (κ1) is 8.99. The van der Waals surface area contributed by atoms with Gasteiger partial charge in [-0.1, -0.05) is 0 Å². The Hall–Kier alpha value is -0.713. The van der Waals surface area contributed by atoms with E-state index in [-0.39, 0.29) is 0 Å². The number of rotatable bonds is 0. The number of carboxylic acid groups (broad SMARTS) is 2. The molecule has 0 bridgehead atoms. The molecule has 0 N–H and O–H groups in total. The van der Waals surface area contributed by atoms with E-state index in [1.165, 1.54) is 0 Å². The van der Waals surface area contributed by atoms with Crippen LogP contribution >= 0.6 is 0 Å². The molecule has 0 saturated heterocycles. The van der Waals surface area contributed by atoms with Crippen LogP contribution in [0.3, 0.4) is 0 Å². The molecular weight excluding hydrogens is 104 g/mol. The van der Waals surface area contributed by atoms with Crippen LogP contribution in [0.15, 0.2) is 0 Å². The van der Waals surface area contributed by atoms with E-state index < -0.39 is 6.16 Å². The third-order valence-corrected chi connectivity index (χ3v) is 0. The molecule has 32 valence electrons. The number of carbonyl (C=O) groups is 1. The first-order chi connectivity index (χ1) is 2.73. The van der Waals surface area contributed by atoms with Crippen molar-refractivity contribution >= 4 is 16.3 Å². The average Bonchev–Trinajstić information content (AvgIpc) is 1.41. The summed E-state index contributed by atoms with van der Waals surface area (Å²) in [5.74, 6) is 0. The Morgan fingerprint density at radius 1 is 1.33 bits per heavy atom. The minimum absolute atomic E-state index is 1.72. The zero-order valence-electron chi connectivity index (χ0n) is 2.63. The van der Waals surface area contributed by atoms with Crippen molar-refractivity contribution in [3.8, 4) is 0 Å². The summed E-state index contributed by atoms with van der Waals surface area (Å²) in [7, 11) is 1.72. The first-order valence-corrected chi connectivity index (χ1v) is 1.22. The van der Waals surface area contributed by atoms with Gasteiger partial charge in [0, 0.05) is 0 Å². The van der Waals surface area contributed by atoms with Gasteiger partial charge in [0.05, 0.1) is 0 Å². The van der Waals surface area contributed by atoms with Gasteiger partial charge in [0.2, 0.25) is 0 Å². The zero-order chi connectivity index (χ0) is 5.58. The van der Waals surface area contributed by atoms with E-state index in [2.05, 4.69) is 0 Å². The van der Waals surface area contributed by atoms with Crippen molar-refractivity contribution in [1.29, 1.82) is 0 Å². The van der Waals surface area contributed by atoms with Crippen LogP contribution in [-0.2, 0) is 4.46 Å². The van der Waals surface area contributed by atoms with Crippen molar-refractivity contribution in [2.75, 3.05) is 0 Å². The Balaban J connectivity index is 0. The molecule has 0 aliphatic rings. The van der Waals surface area contributed by atoms with Crippen LogP contribution in [0.4, 0.5) is 4.79 Å². The normalized spacial score (nSPS) is 5.00. The van der Waals surface area contributed by atoms with E-state index in [1.54, 1.807) is 10.1 Å². The fraction of sp³-hybridized carbons (Fsp3) is 0. The second-order valence-corrected chi connectivity index (χ2v) is 0.250. The van der Waals surface area contributed by atoms with Gasteiger partial charge in [-0.05, 0) is 6.16 Å². The summed E-state index contributed by atoms with van der Waals surface area (Å²) < 4.78 is 8.06. The molecule has 0 heterocycles. The molecule has 0 atom stereocenters. The first-order valence-electron chi connectivity index (χ1n) is 0.816. The Bertz CT molecular complexity index is 38.8. The van der Waals surface area contributed by atoms with Gasteiger partial charge in [-0.2, -0.15) is 0 Å². The van der Waals surface area contributed by atoms with Gasteiger partial charge in [0.25, 0.3) is 0 Å². The van der Waals surface area contributed by atoms with Gasteiger partial charge < -0.3 is 15.0 Å². The van der Waals surface area contributed by atoms with E-state index in [0.29, 0.717) is 0 Å². The molecule has 6 heavy (non-hydrogen) atoms. The molecular formula is CO4Si. The predicted molar refractivity (Wildman–Crippen MR) is 11.8 cm³/mol. The summed E-state index contributed by atoms with van der Waals surface area (Å²) in [5, 5.41) is 16.7. The van der Waals surface area contributed by atoms with Crippen LogP contribution in [0.5, 0.6) is 0 Å². The van der Waals surface area contributed by atoms with Crippen molar-refractivity contribution in [2.24, 2.45) is 0 Å². The Kier molecular flexibility index (Phi) is 13.3. The van der Waals surface area contributed by atoms with Gasteiger partial charge in [0.15, 0.2) is 0 Å². The Labute approximate surface area is 36.9 Å². The Morgan fingerprint density at radius 3 is 1.33 bits per heavy atom. The number of hydrogen-bond donors (Lipinski definition) is 0. The van der Waals surface area contributed by atoms with Crippen molar-refractivity contribution in [3.05, 3.63) is 0 Å². The van der Waals surface area contributed by atoms with E-state index >= 15 is 0 Å². The summed E-state index contributed by atoms with van der Waals surface area (Å²) in [6.07, 6.45) is -2.33. The third-order valence-electron chi connectivity index (χ3n) is 0. The monoisotopic (exact) mass is 104 g/mol. The summed E-state index contributed by atoms with van der Waals surface area (Å²) in [6, 6.07) is 0. The van der Waals surface area contributed by atoms with Crippen LogP contribution in [0.1, 0.15) is 0 Å². The minimum atomic E-state index is -2.33. The second kappa shape index (κ2) is 8.86. The van der Waals surface area contributed by atoms with E-state index in [1.807, 2.05) is 0 Å². The molecule has 0 unspecified atom stereocenters. The Morgan fingerprint density at radius 2 is 1.33 bits per heavy atom. The van der Waals surface area contributed by atoms with Crippen molar-refractivity contribution in [1.82, 2.24) is 0 Å². The maximum absolute atomic E-state index is 8.33. The zero-order valence-corrected chi connectivity index (χ0v) is 3.63. The summed E-state index contributed by atoms with van der Waals surface area (Å²) in [4.78, 5) is 8.33. The van der Waals surface area contributed by atoms with Gasteiger partial charge in [-0.3, -0.25) is 0 Å². The molecule has 0 aliphatic heterocycles.